The van der Waals surface area contributed by atoms with Crippen LogP contribution in [-0.4, -0.2) is 88.4 Å². The van der Waals surface area contributed by atoms with Gasteiger partial charge in [-0.15, -0.1) is 24.0 Å². The molecule has 2 heterocycles. The maximum absolute atomic E-state index is 5.54. The van der Waals surface area contributed by atoms with Crippen LogP contribution in [-0.2, 0) is 4.74 Å². The molecule has 2 N–H and O–H groups in total. The van der Waals surface area contributed by atoms with E-state index in [4.69, 9.17) is 9.47 Å². The molecular weight excluding hydrogens is 517 g/mol. The summed E-state index contributed by atoms with van der Waals surface area (Å²) in [7, 11) is 3.58. The number of morpholine rings is 1. The second-order valence-corrected chi connectivity index (χ2v) is 8.83. The lowest BCUT2D eigenvalue weighted by Gasteiger charge is -2.37. The smallest absolute Gasteiger partial charge is 0.191 e. The number of methoxy groups -OCH3 is 1. The zero-order valence-electron chi connectivity index (χ0n) is 20.2. The van der Waals surface area contributed by atoms with E-state index in [0.29, 0.717) is 18.0 Å². The van der Waals surface area contributed by atoms with Gasteiger partial charge in [0.15, 0.2) is 5.96 Å². The molecule has 8 heteroatoms. The molecule has 2 atom stereocenters. The number of nitrogens with zero attached hydrogens (tertiary/aromatic N) is 3. The molecule has 2 aliphatic heterocycles. The van der Waals surface area contributed by atoms with Crippen molar-refractivity contribution < 1.29 is 9.47 Å². The topological polar surface area (TPSA) is 61.4 Å². The third-order valence-corrected chi connectivity index (χ3v) is 6.51. The molecule has 0 aromatic heterocycles. The van der Waals surface area contributed by atoms with Crippen LogP contribution in [0.25, 0.3) is 0 Å². The number of benzene rings is 1. The maximum Gasteiger partial charge on any atom is 0.191 e. The molecule has 3 rings (SSSR count). The third-order valence-electron chi connectivity index (χ3n) is 6.51. The van der Waals surface area contributed by atoms with Crippen LogP contribution in [0, 0.1) is 5.92 Å². The van der Waals surface area contributed by atoms with Crippen molar-refractivity contribution in [1.29, 1.82) is 0 Å². The molecule has 2 unspecified atom stereocenters. The van der Waals surface area contributed by atoms with Gasteiger partial charge in [-0.25, -0.2) is 0 Å². The molecule has 0 aliphatic carbocycles. The lowest BCUT2D eigenvalue weighted by molar-refractivity contribution is 0.00752. The number of halogens is 1. The summed E-state index contributed by atoms with van der Waals surface area (Å²) in [4.78, 5) is 9.61. The molecule has 0 radical (unpaired) electrons. The second kappa shape index (κ2) is 14.2. The molecule has 0 saturated carbocycles. The fourth-order valence-electron chi connectivity index (χ4n) is 4.67. The lowest BCUT2D eigenvalue weighted by atomic mass is 10.0. The van der Waals surface area contributed by atoms with Gasteiger partial charge in [0.2, 0.25) is 0 Å². The average molecular weight is 560 g/mol. The summed E-state index contributed by atoms with van der Waals surface area (Å²) in [6, 6.07) is 9.23. The number of likely N-dealkylation sites (tertiary alicyclic amines) is 1. The Balaban J connectivity index is 0.00000363. The number of hydrogen-bond donors (Lipinski definition) is 2. The van der Waals surface area contributed by atoms with Gasteiger partial charge < -0.3 is 20.1 Å². The number of aliphatic imine (C=N–C) groups is 1. The van der Waals surface area contributed by atoms with Crippen LogP contribution in [0.4, 0.5) is 0 Å². The Labute approximate surface area is 211 Å². The zero-order valence-corrected chi connectivity index (χ0v) is 22.5. The Bertz CT molecular complexity index is 691. The lowest BCUT2D eigenvalue weighted by Crippen LogP contribution is -2.53. The summed E-state index contributed by atoms with van der Waals surface area (Å²) >= 11 is 0. The van der Waals surface area contributed by atoms with Gasteiger partial charge in [0, 0.05) is 39.3 Å². The third kappa shape index (κ3) is 7.74. The van der Waals surface area contributed by atoms with Crippen molar-refractivity contribution in [3.05, 3.63) is 29.8 Å². The number of rotatable bonds is 9. The van der Waals surface area contributed by atoms with Crippen LogP contribution in [0.2, 0.25) is 0 Å². The van der Waals surface area contributed by atoms with Crippen molar-refractivity contribution in [2.24, 2.45) is 10.9 Å². The molecule has 2 saturated heterocycles. The van der Waals surface area contributed by atoms with Gasteiger partial charge in [-0.3, -0.25) is 14.8 Å². The Kier molecular flexibility index (Phi) is 12.1. The maximum atomic E-state index is 5.54. The van der Waals surface area contributed by atoms with Crippen LogP contribution in [0.3, 0.4) is 0 Å². The summed E-state index contributed by atoms with van der Waals surface area (Å²) in [5.74, 6) is 2.35. The molecule has 2 fully saturated rings. The van der Waals surface area contributed by atoms with Crippen molar-refractivity contribution in [3.8, 4) is 5.75 Å². The van der Waals surface area contributed by atoms with Gasteiger partial charge >= 0.3 is 0 Å². The quantitative estimate of drug-likeness (QED) is 0.276. The molecule has 1 aromatic rings. The van der Waals surface area contributed by atoms with Crippen molar-refractivity contribution in [2.75, 3.05) is 66.6 Å². The van der Waals surface area contributed by atoms with Gasteiger partial charge in [-0.2, -0.15) is 0 Å². The monoisotopic (exact) mass is 559 g/mol. The van der Waals surface area contributed by atoms with Gasteiger partial charge in [0.05, 0.1) is 26.4 Å². The van der Waals surface area contributed by atoms with Gasteiger partial charge in [-0.1, -0.05) is 26.0 Å². The van der Waals surface area contributed by atoms with Crippen molar-refractivity contribution in [1.82, 2.24) is 20.4 Å². The van der Waals surface area contributed by atoms with Crippen molar-refractivity contribution >= 4 is 29.9 Å². The Morgan fingerprint density at radius 3 is 2.38 bits per heavy atom. The largest absolute Gasteiger partial charge is 0.497 e. The molecule has 182 valence electrons. The zero-order chi connectivity index (χ0) is 22.1. The first-order valence-corrected chi connectivity index (χ1v) is 11.8. The van der Waals surface area contributed by atoms with E-state index in [2.05, 4.69) is 57.5 Å². The van der Waals surface area contributed by atoms with E-state index < -0.39 is 0 Å². The standard InChI is InChI=1S/C24H41N5O2.HI/c1-19(2)22(29-12-14-31-15-13-29)17-26-24(25-3)27-18-23(28-10-5-6-11-28)20-8-7-9-21(16-20)30-4;/h7-9,16,19,22-23H,5-6,10-15,17-18H2,1-4H3,(H2,25,26,27);1H. The Morgan fingerprint density at radius 2 is 1.75 bits per heavy atom. The van der Waals surface area contributed by atoms with Gasteiger partial charge in [-0.05, 0) is 49.5 Å². The number of ether oxygens (including phenoxy) is 2. The molecule has 0 amide bonds. The summed E-state index contributed by atoms with van der Waals surface area (Å²) in [6.45, 7) is 12.2. The Morgan fingerprint density at radius 1 is 1.06 bits per heavy atom. The van der Waals surface area contributed by atoms with E-state index >= 15 is 0 Å². The first-order chi connectivity index (χ1) is 15.1. The molecule has 1 aromatic carbocycles. The van der Waals surface area contributed by atoms with Crippen LogP contribution in [0.5, 0.6) is 5.75 Å². The first-order valence-electron chi connectivity index (χ1n) is 11.8. The van der Waals surface area contributed by atoms with Gasteiger partial charge in [0.1, 0.15) is 5.75 Å². The highest BCUT2D eigenvalue weighted by Gasteiger charge is 2.26. The summed E-state index contributed by atoms with van der Waals surface area (Å²) in [6.07, 6.45) is 2.53. The highest BCUT2D eigenvalue weighted by Crippen LogP contribution is 2.27. The fraction of sp³-hybridized carbons (Fsp3) is 0.708. The number of nitrogens with one attached hydrogen (secondary N) is 2. The van der Waals surface area contributed by atoms with Crippen LogP contribution < -0.4 is 15.4 Å². The minimum absolute atomic E-state index is 0. The molecule has 2 aliphatic rings. The summed E-state index contributed by atoms with van der Waals surface area (Å²) in [5.41, 5.74) is 1.29. The Hall–Kier alpha value is -1.10. The van der Waals surface area contributed by atoms with E-state index in [0.717, 1.165) is 64.2 Å². The predicted molar refractivity (Wildman–Crippen MR) is 142 cm³/mol. The van der Waals surface area contributed by atoms with Crippen LogP contribution >= 0.6 is 24.0 Å². The second-order valence-electron chi connectivity index (χ2n) is 8.83. The van der Waals surface area contributed by atoms with Crippen LogP contribution in [0.15, 0.2) is 29.3 Å². The predicted octanol–water partition coefficient (Wildman–Crippen LogP) is 2.97. The highest BCUT2D eigenvalue weighted by molar-refractivity contribution is 14.0. The molecule has 7 nitrogen and oxygen atoms in total. The molecule has 0 bridgehead atoms. The van der Waals surface area contributed by atoms with E-state index in [9.17, 15) is 0 Å². The van der Waals surface area contributed by atoms with Crippen molar-refractivity contribution in [2.45, 2.75) is 38.8 Å². The van der Waals surface area contributed by atoms with E-state index in [-0.39, 0.29) is 24.0 Å². The molecule has 0 spiro atoms. The highest BCUT2D eigenvalue weighted by atomic mass is 127. The van der Waals surface area contributed by atoms with E-state index in [1.54, 1.807) is 7.11 Å². The minimum Gasteiger partial charge on any atom is -0.497 e. The average Bonchev–Trinajstić information content (AvgIpc) is 3.33. The van der Waals surface area contributed by atoms with Crippen LogP contribution in [0.1, 0.15) is 38.3 Å². The summed E-state index contributed by atoms with van der Waals surface area (Å²) in [5, 5.41) is 7.17. The van der Waals surface area contributed by atoms with E-state index in [1.807, 2.05) is 13.1 Å². The minimum atomic E-state index is 0. The molecular formula is C24H42IN5O2. The normalized spacial score (nSPS) is 20.0. The number of hydrogen-bond acceptors (Lipinski definition) is 5. The number of guanidine groups is 1. The molecule has 32 heavy (non-hydrogen) atoms. The summed E-state index contributed by atoms with van der Waals surface area (Å²) < 4.78 is 11.0. The fourth-order valence-corrected chi connectivity index (χ4v) is 4.67. The first kappa shape index (κ1) is 27.1. The SMILES string of the molecule is CN=C(NCC(c1cccc(OC)c1)N1CCCC1)NCC(C(C)C)N1CCOCC1.I. The van der Waals surface area contributed by atoms with Gasteiger partial charge in [0.25, 0.3) is 0 Å². The van der Waals surface area contributed by atoms with Crippen molar-refractivity contribution in [3.63, 3.8) is 0 Å². The van der Waals surface area contributed by atoms with E-state index in [1.165, 1.54) is 18.4 Å².